The van der Waals surface area contributed by atoms with Crippen LogP contribution in [0.15, 0.2) is 16.1 Å². The van der Waals surface area contributed by atoms with E-state index in [9.17, 15) is 9.59 Å². The quantitative estimate of drug-likeness (QED) is 0.468. The second-order valence-corrected chi connectivity index (χ2v) is 6.24. The average Bonchev–Trinajstić information content (AvgIpc) is 2.97. The average molecular weight is 312 g/mol. The van der Waals surface area contributed by atoms with Crippen LogP contribution in [-0.2, 0) is 9.47 Å². The van der Waals surface area contributed by atoms with Crippen molar-refractivity contribution in [1.82, 2.24) is 9.55 Å². The summed E-state index contributed by atoms with van der Waals surface area (Å²) in [5, 5.41) is 0.634. The molecule has 21 heavy (non-hydrogen) atoms. The third-order valence-corrected chi connectivity index (χ3v) is 4.55. The first-order valence-electron chi connectivity index (χ1n) is 6.95. The molecule has 1 atom stereocenters. The normalized spacial score (nSPS) is 18.2. The van der Waals surface area contributed by atoms with E-state index in [0.29, 0.717) is 11.1 Å². The number of carbonyl (C=O) groups is 1. The Balaban J connectivity index is 2.26. The van der Waals surface area contributed by atoms with Crippen LogP contribution in [0, 0.1) is 5.92 Å². The third kappa shape index (κ3) is 3.65. The van der Waals surface area contributed by atoms with E-state index in [2.05, 4.69) is 9.72 Å². The Morgan fingerprint density at radius 1 is 1.62 bits per heavy atom. The predicted octanol–water partition coefficient (Wildman–Crippen LogP) is 1.74. The SMILES string of the molecule is COC(=O)c1cnc(SCC2CCOC2)n(C(C)C)c1=O. The minimum Gasteiger partial charge on any atom is -0.465 e. The van der Waals surface area contributed by atoms with Gasteiger partial charge in [-0.3, -0.25) is 9.36 Å². The largest absolute Gasteiger partial charge is 0.465 e. The lowest BCUT2D eigenvalue weighted by atomic mass is 10.2. The van der Waals surface area contributed by atoms with Crippen LogP contribution < -0.4 is 5.56 Å². The molecule has 0 radical (unpaired) electrons. The summed E-state index contributed by atoms with van der Waals surface area (Å²) in [4.78, 5) is 28.3. The lowest BCUT2D eigenvalue weighted by molar-refractivity contribution is 0.0596. The molecular formula is C14H20N2O4S. The molecule has 0 aliphatic carbocycles. The minimum absolute atomic E-state index is 0.0280. The molecule has 0 bridgehead atoms. The van der Waals surface area contributed by atoms with Gasteiger partial charge in [0.15, 0.2) is 5.16 Å². The summed E-state index contributed by atoms with van der Waals surface area (Å²) in [5.41, 5.74) is -0.378. The minimum atomic E-state index is -0.650. The first-order chi connectivity index (χ1) is 10.0. The molecule has 0 aromatic carbocycles. The molecule has 0 N–H and O–H groups in total. The number of esters is 1. The van der Waals surface area contributed by atoms with Gasteiger partial charge in [-0.1, -0.05) is 11.8 Å². The Bertz CT molecular complexity index is 565. The molecule has 1 aromatic rings. The third-order valence-electron chi connectivity index (χ3n) is 3.35. The molecule has 2 rings (SSSR count). The van der Waals surface area contributed by atoms with Crippen LogP contribution in [0.25, 0.3) is 0 Å². The lowest BCUT2D eigenvalue weighted by Crippen LogP contribution is -2.30. The van der Waals surface area contributed by atoms with Gasteiger partial charge in [0.05, 0.1) is 19.9 Å². The number of hydrogen-bond acceptors (Lipinski definition) is 6. The van der Waals surface area contributed by atoms with Crippen LogP contribution in [0.3, 0.4) is 0 Å². The van der Waals surface area contributed by atoms with E-state index >= 15 is 0 Å². The molecule has 1 aromatic heterocycles. The molecule has 1 saturated heterocycles. The number of hydrogen-bond donors (Lipinski definition) is 0. The van der Waals surface area contributed by atoms with Crippen molar-refractivity contribution in [3.63, 3.8) is 0 Å². The van der Waals surface area contributed by atoms with Gasteiger partial charge in [0, 0.05) is 18.4 Å². The Morgan fingerprint density at radius 3 is 2.95 bits per heavy atom. The smallest absolute Gasteiger partial charge is 0.345 e. The Labute approximate surface area is 127 Å². The van der Waals surface area contributed by atoms with Gasteiger partial charge in [-0.15, -0.1) is 0 Å². The number of nitrogens with zero attached hydrogens (tertiary/aromatic N) is 2. The van der Waals surface area contributed by atoms with Gasteiger partial charge in [0.2, 0.25) is 0 Å². The molecule has 116 valence electrons. The van der Waals surface area contributed by atoms with E-state index in [1.807, 2.05) is 13.8 Å². The molecule has 6 nitrogen and oxygen atoms in total. The molecule has 1 aliphatic heterocycles. The summed E-state index contributed by atoms with van der Waals surface area (Å²) in [5.74, 6) is 0.701. The van der Waals surface area contributed by atoms with Crippen LogP contribution in [0.2, 0.25) is 0 Å². The van der Waals surface area contributed by atoms with Crippen LogP contribution in [-0.4, -0.2) is 41.6 Å². The van der Waals surface area contributed by atoms with Crippen LogP contribution in [0.4, 0.5) is 0 Å². The van der Waals surface area contributed by atoms with E-state index in [-0.39, 0.29) is 17.2 Å². The maximum Gasteiger partial charge on any atom is 0.345 e. The topological polar surface area (TPSA) is 70.4 Å². The molecular weight excluding hydrogens is 292 g/mol. The maximum atomic E-state index is 12.4. The van der Waals surface area contributed by atoms with Crippen molar-refractivity contribution in [2.75, 3.05) is 26.1 Å². The summed E-state index contributed by atoms with van der Waals surface area (Å²) in [6, 6.07) is -0.0723. The van der Waals surface area contributed by atoms with Crippen molar-refractivity contribution >= 4 is 17.7 Å². The summed E-state index contributed by atoms with van der Waals surface area (Å²) in [7, 11) is 1.25. The number of carbonyl (C=O) groups excluding carboxylic acids is 1. The Morgan fingerprint density at radius 2 is 2.38 bits per heavy atom. The molecule has 7 heteroatoms. The van der Waals surface area contributed by atoms with Crippen molar-refractivity contribution in [3.8, 4) is 0 Å². The fourth-order valence-corrected chi connectivity index (χ4v) is 3.38. The summed E-state index contributed by atoms with van der Waals surface area (Å²) < 4.78 is 11.5. The van der Waals surface area contributed by atoms with Gasteiger partial charge in [-0.2, -0.15) is 0 Å². The molecule has 0 saturated carbocycles. The number of ether oxygens (including phenoxy) is 2. The summed E-state index contributed by atoms with van der Waals surface area (Å²) >= 11 is 1.53. The number of aromatic nitrogens is 2. The van der Waals surface area contributed by atoms with Crippen molar-refractivity contribution < 1.29 is 14.3 Å². The lowest BCUT2D eigenvalue weighted by Gasteiger charge is -2.16. The molecule has 1 unspecified atom stereocenters. The van der Waals surface area contributed by atoms with Crippen LogP contribution in [0.1, 0.15) is 36.7 Å². The monoisotopic (exact) mass is 312 g/mol. The van der Waals surface area contributed by atoms with Gasteiger partial charge in [0.25, 0.3) is 5.56 Å². The number of thioether (sulfide) groups is 1. The zero-order valence-corrected chi connectivity index (χ0v) is 13.3. The molecule has 1 aliphatic rings. The van der Waals surface area contributed by atoms with Crippen molar-refractivity contribution in [2.45, 2.75) is 31.5 Å². The van der Waals surface area contributed by atoms with Gasteiger partial charge >= 0.3 is 5.97 Å². The van der Waals surface area contributed by atoms with E-state index in [1.165, 1.54) is 25.1 Å². The molecule has 0 spiro atoms. The molecule has 1 fully saturated rings. The van der Waals surface area contributed by atoms with E-state index in [4.69, 9.17) is 4.74 Å². The Kier molecular flexibility index (Phi) is 5.41. The highest BCUT2D eigenvalue weighted by molar-refractivity contribution is 7.99. The van der Waals surface area contributed by atoms with Gasteiger partial charge in [-0.25, -0.2) is 9.78 Å². The zero-order valence-electron chi connectivity index (χ0n) is 12.5. The van der Waals surface area contributed by atoms with Crippen LogP contribution >= 0.6 is 11.8 Å². The summed E-state index contributed by atoms with van der Waals surface area (Å²) in [6.45, 7) is 5.36. The van der Waals surface area contributed by atoms with Gasteiger partial charge in [-0.05, 0) is 26.2 Å². The highest BCUT2D eigenvalue weighted by Gasteiger charge is 2.21. The van der Waals surface area contributed by atoms with Crippen molar-refractivity contribution in [1.29, 1.82) is 0 Å². The van der Waals surface area contributed by atoms with Crippen LogP contribution in [0.5, 0.6) is 0 Å². The van der Waals surface area contributed by atoms with Crippen molar-refractivity contribution in [3.05, 3.63) is 22.1 Å². The van der Waals surface area contributed by atoms with E-state index < -0.39 is 5.97 Å². The first-order valence-corrected chi connectivity index (χ1v) is 7.93. The summed E-state index contributed by atoms with van der Waals surface area (Å²) in [6.07, 6.45) is 2.35. The second kappa shape index (κ2) is 7.09. The number of methoxy groups -OCH3 is 1. The standard InChI is InChI=1S/C14H20N2O4S/c1-9(2)16-12(17)11(13(18)19-3)6-15-14(16)21-8-10-4-5-20-7-10/h6,9-10H,4-5,7-8H2,1-3H3. The van der Waals surface area contributed by atoms with E-state index in [1.54, 1.807) is 4.57 Å². The van der Waals surface area contributed by atoms with Crippen molar-refractivity contribution in [2.24, 2.45) is 5.92 Å². The first kappa shape index (κ1) is 16.0. The molecule has 2 heterocycles. The van der Waals surface area contributed by atoms with E-state index in [0.717, 1.165) is 25.4 Å². The fraction of sp³-hybridized carbons (Fsp3) is 0.643. The maximum absolute atomic E-state index is 12.4. The highest BCUT2D eigenvalue weighted by atomic mass is 32.2. The number of rotatable bonds is 5. The highest BCUT2D eigenvalue weighted by Crippen LogP contribution is 2.24. The fourth-order valence-electron chi connectivity index (χ4n) is 2.17. The van der Waals surface area contributed by atoms with Gasteiger partial charge in [0.1, 0.15) is 5.56 Å². The van der Waals surface area contributed by atoms with Gasteiger partial charge < -0.3 is 9.47 Å². The zero-order chi connectivity index (χ0) is 15.4. The Hall–Kier alpha value is -1.34. The molecule has 0 amide bonds. The second-order valence-electron chi connectivity index (χ2n) is 5.26. The predicted molar refractivity (Wildman–Crippen MR) is 79.9 cm³/mol.